The van der Waals surface area contributed by atoms with Crippen LogP contribution in [0.3, 0.4) is 0 Å². The van der Waals surface area contributed by atoms with Crippen LogP contribution in [-0.4, -0.2) is 23.1 Å². The summed E-state index contributed by atoms with van der Waals surface area (Å²) in [6.45, 7) is 5.75. The summed E-state index contributed by atoms with van der Waals surface area (Å²) in [6.07, 6.45) is 0. The van der Waals surface area contributed by atoms with Gasteiger partial charge in [0.2, 0.25) is 0 Å². The van der Waals surface area contributed by atoms with Gasteiger partial charge < -0.3 is 9.30 Å². The third-order valence-corrected chi connectivity index (χ3v) is 4.11. The first-order valence-corrected chi connectivity index (χ1v) is 7.61. The number of thiazole rings is 1. The molecule has 0 saturated carbocycles. The van der Waals surface area contributed by atoms with E-state index in [1.807, 2.05) is 31.5 Å². The van der Waals surface area contributed by atoms with Gasteiger partial charge >= 0.3 is 5.97 Å². The molecule has 1 heterocycles. The van der Waals surface area contributed by atoms with Crippen molar-refractivity contribution in [3.05, 3.63) is 28.6 Å². The number of ether oxygens (including phenoxy) is 1. The summed E-state index contributed by atoms with van der Waals surface area (Å²) in [5.41, 5.74) is 1.44. The van der Waals surface area contributed by atoms with Gasteiger partial charge in [-0.3, -0.25) is 4.79 Å². The number of esters is 1. The van der Waals surface area contributed by atoms with E-state index in [-0.39, 0.29) is 17.8 Å². The number of carbonyl (C=O) groups is 2. The Bertz CT molecular complexity index is 756. The highest BCUT2D eigenvalue weighted by atomic mass is 32.1. The molecule has 6 heteroatoms. The maximum absolute atomic E-state index is 11.8. The van der Waals surface area contributed by atoms with Gasteiger partial charge in [0, 0.05) is 13.0 Å². The first-order valence-electron chi connectivity index (χ1n) is 6.79. The largest absolute Gasteiger partial charge is 0.462 e. The number of nitrogens with zero attached hydrogens (tertiary/aromatic N) is 2. The lowest BCUT2D eigenvalue weighted by molar-refractivity contribution is -0.120. The van der Waals surface area contributed by atoms with E-state index in [1.165, 1.54) is 11.3 Å². The number of rotatable bonds is 3. The van der Waals surface area contributed by atoms with Crippen molar-refractivity contribution in [1.82, 2.24) is 4.57 Å². The molecule has 1 aromatic heterocycles. The molecule has 2 aromatic rings. The summed E-state index contributed by atoms with van der Waals surface area (Å²) in [5.74, 6) is -0.625. The second-order valence-corrected chi connectivity index (χ2v) is 5.96. The van der Waals surface area contributed by atoms with Gasteiger partial charge in [0.1, 0.15) is 0 Å². The van der Waals surface area contributed by atoms with Crippen LogP contribution in [0.4, 0.5) is 0 Å². The minimum absolute atomic E-state index is 0.134. The third kappa shape index (κ3) is 3.21. The zero-order valence-electron chi connectivity index (χ0n) is 12.5. The van der Waals surface area contributed by atoms with Crippen LogP contribution >= 0.6 is 11.3 Å². The van der Waals surface area contributed by atoms with Crippen molar-refractivity contribution in [3.63, 3.8) is 0 Å². The van der Waals surface area contributed by atoms with Crippen LogP contribution < -0.4 is 4.80 Å². The molecule has 0 atom stereocenters. The number of fused-ring (bicyclic) bond motifs is 1. The van der Waals surface area contributed by atoms with E-state index in [1.54, 1.807) is 19.1 Å². The molecule has 0 aliphatic carbocycles. The number of hydrogen-bond donors (Lipinski definition) is 0. The van der Waals surface area contributed by atoms with E-state index >= 15 is 0 Å². The Morgan fingerprint density at radius 3 is 2.71 bits per heavy atom. The van der Waals surface area contributed by atoms with Gasteiger partial charge in [-0.05, 0) is 25.1 Å². The number of aromatic nitrogens is 1. The van der Waals surface area contributed by atoms with Crippen LogP contribution in [0.2, 0.25) is 0 Å². The molecule has 1 aromatic carbocycles. The Balaban J connectivity index is 2.51. The molecule has 2 rings (SSSR count). The molecular formula is C15H18N2O3S. The van der Waals surface area contributed by atoms with E-state index < -0.39 is 0 Å². The summed E-state index contributed by atoms with van der Waals surface area (Å²) in [7, 11) is 1.86. The summed E-state index contributed by atoms with van der Waals surface area (Å²) in [6, 6.07) is 5.34. The van der Waals surface area contributed by atoms with Gasteiger partial charge in [-0.1, -0.05) is 25.2 Å². The molecule has 0 N–H and O–H groups in total. The fourth-order valence-corrected chi connectivity index (χ4v) is 2.87. The van der Waals surface area contributed by atoms with Crippen molar-refractivity contribution in [3.8, 4) is 0 Å². The van der Waals surface area contributed by atoms with Gasteiger partial charge in [-0.2, -0.15) is 4.99 Å². The topological polar surface area (TPSA) is 60.7 Å². The monoisotopic (exact) mass is 306 g/mol. The van der Waals surface area contributed by atoms with Crippen LogP contribution in [0.15, 0.2) is 23.2 Å². The predicted octanol–water partition coefficient (Wildman–Crippen LogP) is 2.50. The molecule has 0 saturated heterocycles. The Kier molecular flexibility index (Phi) is 4.57. The summed E-state index contributed by atoms with van der Waals surface area (Å²) >= 11 is 1.39. The van der Waals surface area contributed by atoms with E-state index in [2.05, 4.69) is 4.99 Å². The molecule has 0 bridgehead atoms. The van der Waals surface area contributed by atoms with Gasteiger partial charge in [0.05, 0.1) is 22.4 Å². The molecule has 0 unspecified atom stereocenters. The van der Waals surface area contributed by atoms with Crippen LogP contribution in [0.1, 0.15) is 31.1 Å². The maximum atomic E-state index is 11.8. The number of hydrogen-bond acceptors (Lipinski definition) is 4. The fourth-order valence-electron chi connectivity index (χ4n) is 1.81. The molecule has 0 fully saturated rings. The normalized spacial score (nSPS) is 12.1. The van der Waals surface area contributed by atoms with E-state index in [4.69, 9.17) is 4.74 Å². The Morgan fingerprint density at radius 2 is 2.10 bits per heavy atom. The SMILES string of the molecule is CCOC(=O)c1ccc2c(c1)sc(=NC(=O)C(C)C)n2C. The van der Waals surface area contributed by atoms with Crippen LogP contribution in [-0.2, 0) is 16.6 Å². The summed E-state index contributed by atoms with van der Waals surface area (Å²) in [4.78, 5) is 28.3. The Labute approximate surface area is 126 Å². The van der Waals surface area contributed by atoms with Crippen LogP contribution in [0.5, 0.6) is 0 Å². The van der Waals surface area contributed by atoms with Crippen molar-refractivity contribution in [2.45, 2.75) is 20.8 Å². The van der Waals surface area contributed by atoms with Crippen molar-refractivity contribution < 1.29 is 14.3 Å². The van der Waals surface area contributed by atoms with E-state index in [0.29, 0.717) is 17.0 Å². The maximum Gasteiger partial charge on any atom is 0.338 e. The summed E-state index contributed by atoms with van der Waals surface area (Å²) in [5, 5.41) is 0. The second-order valence-electron chi connectivity index (χ2n) is 4.95. The number of carbonyl (C=O) groups excluding carboxylic acids is 2. The van der Waals surface area contributed by atoms with Crippen molar-refractivity contribution in [2.24, 2.45) is 18.0 Å². The molecule has 21 heavy (non-hydrogen) atoms. The van der Waals surface area contributed by atoms with Crippen LogP contribution in [0, 0.1) is 5.92 Å². The van der Waals surface area contributed by atoms with Crippen molar-refractivity contribution in [1.29, 1.82) is 0 Å². The molecule has 0 aliphatic heterocycles. The molecule has 0 radical (unpaired) electrons. The molecule has 5 nitrogen and oxygen atoms in total. The minimum Gasteiger partial charge on any atom is -0.462 e. The van der Waals surface area contributed by atoms with Crippen LogP contribution in [0.25, 0.3) is 10.2 Å². The Hall–Kier alpha value is -1.95. The minimum atomic E-state index is -0.341. The molecule has 0 spiro atoms. The van der Waals surface area contributed by atoms with Gasteiger partial charge in [-0.25, -0.2) is 4.79 Å². The average Bonchev–Trinajstić information content (AvgIpc) is 2.75. The molecule has 112 valence electrons. The number of aryl methyl sites for hydroxylation is 1. The van der Waals surface area contributed by atoms with Gasteiger partial charge in [-0.15, -0.1) is 0 Å². The number of amides is 1. The summed E-state index contributed by atoms with van der Waals surface area (Å²) < 4.78 is 7.75. The van der Waals surface area contributed by atoms with E-state index in [0.717, 1.165) is 10.2 Å². The zero-order chi connectivity index (χ0) is 15.6. The number of benzene rings is 1. The lowest BCUT2D eigenvalue weighted by atomic mass is 10.2. The highest BCUT2D eigenvalue weighted by Crippen LogP contribution is 2.19. The van der Waals surface area contributed by atoms with Gasteiger partial charge in [0.25, 0.3) is 5.91 Å². The first-order chi connectivity index (χ1) is 9.93. The standard InChI is InChI=1S/C15H18N2O3S/c1-5-20-14(19)10-6-7-11-12(8-10)21-15(17(11)4)16-13(18)9(2)3/h6-9H,5H2,1-4H3. The molecule has 0 aliphatic rings. The average molecular weight is 306 g/mol. The molecule has 1 amide bonds. The Morgan fingerprint density at radius 1 is 1.38 bits per heavy atom. The van der Waals surface area contributed by atoms with E-state index in [9.17, 15) is 9.59 Å². The smallest absolute Gasteiger partial charge is 0.338 e. The predicted molar refractivity (Wildman–Crippen MR) is 82.2 cm³/mol. The third-order valence-electron chi connectivity index (χ3n) is 3.02. The highest BCUT2D eigenvalue weighted by molar-refractivity contribution is 7.16. The molecular weight excluding hydrogens is 288 g/mol. The quantitative estimate of drug-likeness (QED) is 0.819. The van der Waals surface area contributed by atoms with Gasteiger partial charge in [0.15, 0.2) is 4.80 Å². The highest BCUT2D eigenvalue weighted by Gasteiger charge is 2.11. The lowest BCUT2D eigenvalue weighted by Crippen LogP contribution is -2.15. The van der Waals surface area contributed by atoms with Crippen molar-refractivity contribution in [2.75, 3.05) is 6.61 Å². The second kappa shape index (κ2) is 6.22. The first kappa shape index (κ1) is 15.4. The lowest BCUT2D eigenvalue weighted by Gasteiger charge is -2.01. The fraction of sp³-hybridized carbons (Fsp3) is 0.400. The van der Waals surface area contributed by atoms with Crippen molar-refractivity contribution >= 4 is 33.4 Å². The zero-order valence-corrected chi connectivity index (χ0v) is 13.4.